The predicted octanol–water partition coefficient (Wildman–Crippen LogP) is 7.61. The summed E-state index contributed by atoms with van der Waals surface area (Å²) in [5, 5.41) is 9.16. The van der Waals surface area contributed by atoms with Crippen molar-refractivity contribution in [3.8, 4) is 0 Å². The number of Topliss-reactive ketones (excluding diaryl/α,β-unsaturated/α-hetero) is 1. The molecule has 0 aromatic carbocycles. The van der Waals surface area contributed by atoms with Gasteiger partial charge >= 0.3 is 5.97 Å². The van der Waals surface area contributed by atoms with Gasteiger partial charge in [0.15, 0.2) is 0 Å². The predicted molar refractivity (Wildman–Crippen MR) is 134 cm³/mol. The number of carboxylic acids is 1. The first-order valence-corrected chi connectivity index (χ1v) is 13.4. The van der Waals surface area contributed by atoms with Crippen LogP contribution in [0.25, 0.3) is 0 Å². The van der Waals surface area contributed by atoms with E-state index in [4.69, 9.17) is 5.11 Å². The van der Waals surface area contributed by atoms with E-state index in [9.17, 15) is 9.59 Å². The summed E-state index contributed by atoms with van der Waals surface area (Å²) in [6.07, 6.45) is 14.4. The largest absolute Gasteiger partial charge is 0.478 e. The van der Waals surface area contributed by atoms with E-state index in [2.05, 4.69) is 47.6 Å². The smallest absolute Gasteiger partial charge is 0.330 e. The molecule has 4 aliphatic rings. The van der Waals surface area contributed by atoms with Crippen molar-refractivity contribution in [2.24, 2.45) is 45.3 Å². The number of carbonyl (C=O) groups excluding carboxylic acids is 1. The SMILES string of the molecule is CC(=CCC[C@@H](C)[C@H]1CC[C@@]2(C)C3=CCC4C(C)(C)C(=O)CC[C@]4(C)[C@@H]3CC[C@]12C)C(=O)O. The molecule has 0 aromatic heterocycles. The first-order valence-electron chi connectivity index (χ1n) is 13.4. The lowest BCUT2D eigenvalue weighted by Gasteiger charge is -2.63. The van der Waals surface area contributed by atoms with Gasteiger partial charge in [0.25, 0.3) is 0 Å². The van der Waals surface area contributed by atoms with E-state index in [1.165, 1.54) is 25.7 Å². The molecule has 33 heavy (non-hydrogen) atoms. The Hall–Kier alpha value is -1.38. The lowest BCUT2D eigenvalue weighted by Crippen LogP contribution is -2.57. The average Bonchev–Trinajstić information content (AvgIpc) is 3.02. The summed E-state index contributed by atoms with van der Waals surface area (Å²) < 4.78 is 0. The number of ketones is 1. The number of allylic oxidation sites excluding steroid dienone is 3. The molecule has 0 radical (unpaired) electrons. The molecule has 0 spiro atoms. The van der Waals surface area contributed by atoms with Crippen LogP contribution in [0.4, 0.5) is 0 Å². The van der Waals surface area contributed by atoms with Crippen molar-refractivity contribution in [3.05, 3.63) is 23.3 Å². The fraction of sp³-hybridized carbons (Fsp3) is 0.800. The maximum absolute atomic E-state index is 12.8. The van der Waals surface area contributed by atoms with Gasteiger partial charge in [0.1, 0.15) is 5.78 Å². The molecule has 3 saturated carbocycles. The molecule has 3 nitrogen and oxygen atoms in total. The Balaban J connectivity index is 1.59. The van der Waals surface area contributed by atoms with E-state index in [1.54, 1.807) is 12.5 Å². The van der Waals surface area contributed by atoms with E-state index in [0.29, 0.717) is 40.4 Å². The Morgan fingerprint density at radius 3 is 2.52 bits per heavy atom. The fourth-order valence-corrected chi connectivity index (χ4v) is 9.32. The minimum atomic E-state index is -0.801. The van der Waals surface area contributed by atoms with Crippen LogP contribution in [0.3, 0.4) is 0 Å². The van der Waals surface area contributed by atoms with Crippen molar-refractivity contribution in [2.75, 3.05) is 0 Å². The third-order valence-corrected chi connectivity index (χ3v) is 11.7. The van der Waals surface area contributed by atoms with Crippen LogP contribution >= 0.6 is 0 Å². The molecule has 7 atom stereocenters. The molecule has 4 rings (SSSR count). The lowest BCUT2D eigenvalue weighted by atomic mass is 9.41. The average molecular weight is 455 g/mol. The molecule has 0 aromatic rings. The normalized spacial score (nSPS) is 43.2. The van der Waals surface area contributed by atoms with Crippen LogP contribution in [0.5, 0.6) is 0 Å². The summed E-state index contributed by atoms with van der Waals surface area (Å²) in [6.45, 7) is 16.2. The van der Waals surface area contributed by atoms with E-state index >= 15 is 0 Å². The van der Waals surface area contributed by atoms with Crippen LogP contribution < -0.4 is 0 Å². The second-order valence-electron chi connectivity index (χ2n) is 13.3. The van der Waals surface area contributed by atoms with Crippen molar-refractivity contribution >= 4 is 11.8 Å². The van der Waals surface area contributed by atoms with Crippen molar-refractivity contribution in [1.82, 2.24) is 0 Å². The van der Waals surface area contributed by atoms with Gasteiger partial charge in [-0.15, -0.1) is 0 Å². The van der Waals surface area contributed by atoms with Crippen LogP contribution in [-0.4, -0.2) is 16.9 Å². The van der Waals surface area contributed by atoms with Crippen molar-refractivity contribution in [3.63, 3.8) is 0 Å². The third kappa shape index (κ3) is 3.50. The maximum atomic E-state index is 12.8. The van der Waals surface area contributed by atoms with Crippen LogP contribution in [0, 0.1) is 45.3 Å². The summed E-state index contributed by atoms with van der Waals surface area (Å²) in [5.74, 6) is 2.05. The van der Waals surface area contributed by atoms with Gasteiger partial charge in [0, 0.05) is 17.4 Å². The molecule has 1 N–H and O–H groups in total. The lowest BCUT2D eigenvalue weighted by molar-refractivity contribution is -0.146. The molecule has 0 bridgehead atoms. The van der Waals surface area contributed by atoms with Crippen molar-refractivity contribution in [2.45, 2.75) is 106 Å². The summed E-state index contributed by atoms with van der Waals surface area (Å²) >= 11 is 0. The number of rotatable bonds is 5. The standard InChI is InChI=1S/C30H46O3/c1-19(9-8-10-20(2)26(32)33)21-13-17-30(7)23-11-12-24-27(3,4)25(31)15-16-28(24,5)22(23)14-18-29(21,30)6/h10-11,19,21-22,24H,8-9,12-18H2,1-7H3,(H,32,33)/t19-,21-,22-,24?,28-,29-,30+/m1/s1. The van der Waals surface area contributed by atoms with Gasteiger partial charge < -0.3 is 5.11 Å². The number of aliphatic carboxylic acids is 1. The molecule has 3 fully saturated rings. The zero-order valence-electron chi connectivity index (χ0n) is 22.1. The molecule has 0 aliphatic heterocycles. The highest BCUT2D eigenvalue weighted by Gasteiger charge is 2.65. The van der Waals surface area contributed by atoms with E-state index in [0.717, 1.165) is 32.1 Å². The maximum Gasteiger partial charge on any atom is 0.330 e. The zero-order chi connectivity index (χ0) is 24.4. The highest BCUT2D eigenvalue weighted by molar-refractivity contribution is 5.86. The van der Waals surface area contributed by atoms with E-state index in [1.807, 2.05) is 6.08 Å². The summed E-state index contributed by atoms with van der Waals surface area (Å²) in [6, 6.07) is 0. The Morgan fingerprint density at radius 2 is 1.85 bits per heavy atom. The Labute approximate surface area is 201 Å². The van der Waals surface area contributed by atoms with Crippen LogP contribution in [0.15, 0.2) is 23.3 Å². The minimum Gasteiger partial charge on any atom is -0.478 e. The van der Waals surface area contributed by atoms with E-state index in [-0.39, 0.29) is 16.2 Å². The molecule has 4 aliphatic carbocycles. The second kappa shape index (κ2) is 8.09. The first kappa shape index (κ1) is 24.7. The summed E-state index contributed by atoms with van der Waals surface area (Å²) in [5.41, 5.74) is 2.80. The quantitative estimate of drug-likeness (QED) is 0.343. The monoisotopic (exact) mass is 454 g/mol. The molecule has 3 heteroatoms. The molecule has 1 unspecified atom stereocenters. The second-order valence-corrected chi connectivity index (χ2v) is 13.3. The zero-order valence-corrected chi connectivity index (χ0v) is 22.1. The third-order valence-electron chi connectivity index (χ3n) is 11.7. The van der Waals surface area contributed by atoms with Gasteiger partial charge in [-0.2, -0.15) is 0 Å². The molecular formula is C30H46O3. The van der Waals surface area contributed by atoms with Crippen molar-refractivity contribution in [1.29, 1.82) is 0 Å². The van der Waals surface area contributed by atoms with Gasteiger partial charge in [0.05, 0.1) is 0 Å². The number of hydrogen-bond acceptors (Lipinski definition) is 2. The summed E-state index contributed by atoms with van der Waals surface area (Å²) in [4.78, 5) is 23.9. The van der Waals surface area contributed by atoms with Gasteiger partial charge in [-0.25, -0.2) is 4.79 Å². The van der Waals surface area contributed by atoms with Crippen LogP contribution in [-0.2, 0) is 9.59 Å². The highest BCUT2D eigenvalue weighted by atomic mass is 16.4. The number of fused-ring (bicyclic) bond motifs is 5. The topological polar surface area (TPSA) is 54.4 Å². The number of hydrogen-bond donors (Lipinski definition) is 1. The highest BCUT2D eigenvalue weighted by Crippen LogP contribution is 2.73. The fourth-order valence-electron chi connectivity index (χ4n) is 9.32. The van der Waals surface area contributed by atoms with E-state index < -0.39 is 5.97 Å². The Morgan fingerprint density at radius 1 is 1.15 bits per heavy atom. The molecule has 0 amide bonds. The Kier molecular flexibility index (Phi) is 6.07. The van der Waals surface area contributed by atoms with Crippen LogP contribution in [0.2, 0.25) is 0 Å². The molecule has 184 valence electrons. The van der Waals surface area contributed by atoms with Crippen molar-refractivity contribution < 1.29 is 14.7 Å². The van der Waals surface area contributed by atoms with Gasteiger partial charge in [-0.05, 0) is 98.2 Å². The number of carboxylic acid groups (broad SMARTS) is 1. The number of carbonyl (C=O) groups is 2. The first-order chi connectivity index (χ1) is 15.3. The summed E-state index contributed by atoms with van der Waals surface area (Å²) in [7, 11) is 0. The molecular weight excluding hydrogens is 408 g/mol. The van der Waals surface area contributed by atoms with Gasteiger partial charge in [-0.3, -0.25) is 4.79 Å². The molecule has 0 heterocycles. The van der Waals surface area contributed by atoms with Crippen LogP contribution in [0.1, 0.15) is 106 Å². The minimum absolute atomic E-state index is 0.203. The van der Waals surface area contributed by atoms with Gasteiger partial charge in [-0.1, -0.05) is 59.3 Å². The van der Waals surface area contributed by atoms with Gasteiger partial charge in [0.2, 0.25) is 0 Å². The molecule has 0 saturated heterocycles. The Bertz CT molecular complexity index is 894.